The van der Waals surface area contributed by atoms with Gasteiger partial charge in [-0.05, 0) is 37.1 Å². The van der Waals surface area contributed by atoms with Crippen LogP contribution in [-0.2, 0) is 0 Å². The van der Waals surface area contributed by atoms with Crippen LogP contribution in [0.15, 0.2) is 35.7 Å². The number of aromatic nitrogens is 3. The summed E-state index contributed by atoms with van der Waals surface area (Å²) >= 11 is 1.56. The predicted octanol–water partition coefficient (Wildman–Crippen LogP) is 2.76. The van der Waals surface area contributed by atoms with Crippen molar-refractivity contribution in [3.8, 4) is 11.9 Å². The quantitative estimate of drug-likeness (QED) is 0.611. The number of ether oxygens (including phenoxy) is 1. The van der Waals surface area contributed by atoms with E-state index in [2.05, 4.69) is 25.9 Å². The van der Waals surface area contributed by atoms with E-state index in [4.69, 9.17) is 10.00 Å². The maximum absolute atomic E-state index is 8.90. The number of thioether (sulfide) groups is 1. The highest BCUT2D eigenvalue weighted by Crippen LogP contribution is 2.23. The summed E-state index contributed by atoms with van der Waals surface area (Å²) in [4.78, 5) is 15.2. The Hall–Kier alpha value is -2.33. The zero-order chi connectivity index (χ0) is 16.8. The van der Waals surface area contributed by atoms with Gasteiger partial charge in [0.25, 0.3) is 0 Å². The first-order valence-corrected chi connectivity index (χ1v) is 9.12. The number of nitrogens with zero attached hydrogens (tertiary/aromatic N) is 5. The lowest BCUT2D eigenvalue weighted by Gasteiger charge is -2.32. The molecule has 6 nitrogen and oxygen atoms in total. The van der Waals surface area contributed by atoms with Crippen LogP contribution in [0.2, 0.25) is 0 Å². The number of nitriles is 1. The summed E-state index contributed by atoms with van der Waals surface area (Å²) in [7, 11) is 0. The van der Waals surface area contributed by atoms with Gasteiger partial charge >= 0.3 is 0 Å². The molecule has 1 aliphatic rings. The van der Waals surface area contributed by atoms with E-state index < -0.39 is 0 Å². The first kappa shape index (κ1) is 16.5. The van der Waals surface area contributed by atoms with Crippen molar-refractivity contribution in [2.24, 2.45) is 5.92 Å². The zero-order valence-corrected chi connectivity index (χ0v) is 14.4. The van der Waals surface area contributed by atoms with Gasteiger partial charge in [-0.15, -0.1) is 0 Å². The van der Waals surface area contributed by atoms with Crippen molar-refractivity contribution >= 4 is 17.6 Å². The van der Waals surface area contributed by atoms with E-state index in [1.54, 1.807) is 30.1 Å². The minimum absolute atomic E-state index is 0.496. The van der Waals surface area contributed by atoms with Crippen LogP contribution in [-0.4, -0.2) is 40.9 Å². The van der Waals surface area contributed by atoms with Crippen LogP contribution in [0.25, 0.3) is 0 Å². The summed E-state index contributed by atoms with van der Waals surface area (Å²) in [5.41, 5.74) is 0.572. The summed E-state index contributed by atoms with van der Waals surface area (Å²) in [6, 6.07) is 7.42. The molecule has 2 aromatic rings. The number of piperidine rings is 1. The lowest BCUT2D eigenvalue weighted by Crippen LogP contribution is -2.36. The first-order chi connectivity index (χ1) is 11.8. The summed E-state index contributed by atoms with van der Waals surface area (Å²) in [6.45, 7) is 2.56. The van der Waals surface area contributed by atoms with Gasteiger partial charge in [-0.25, -0.2) is 15.0 Å². The second kappa shape index (κ2) is 7.97. The monoisotopic (exact) mass is 341 g/mol. The Morgan fingerprint density at radius 3 is 2.83 bits per heavy atom. The molecule has 0 spiro atoms. The molecule has 0 amide bonds. The maximum Gasteiger partial charge on any atom is 0.214 e. The van der Waals surface area contributed by atoms with Gasteiger partial charge < -0.3 is 9.64 Å². The van der Waals surface area contributed by atoms with E-state index in [0.29, 0.717) is 24.0 Å². The number of hydrogen-bond donors (Lipinski definition) is 0. The van der Waals surface area contributed by atoms with Crippen molar-refractivity contribution in [1.29, 1.82) is 5.26 Å². The molecular formula is C17H19N5OS. The predicted molar refractivity (Wildman–Crippen MR) is 93.2 cm³/mol. The van der Waals surface area contributed by atoms with Crippen molar-refractivity contribution in [3.63, 3.8) is 0 Å². The molecule has 1 fully saturated rings. The fourth-order valence-corrected chi connectivity index (χ4v) is 3.05. The Morgan fingerprint density at radius 1 is 1.29 bits per heavy atom. The van der Waals surface area contributed by atoms with Gasteiger partial charge in [0.15, 0.2) is 5.16 Å². The fourth-order valence-electron chi connectivity index (χ4n) is 2.70. The molecule has 7 heteroatoms. The highest BCUT2D eigenvalue weighted by atomic mass is 32.2. The third-order valence-corrected chi connectivity index (χ3v) is 4.63. The van der Waals surface area contributed by atoms with E-state index in [0.717, 1.165) is 36.9 Å². The minimum Gasteiger partial charge on any atom is -0.477 e. The van der Waals surface area contributed by atoms with Gasteiger partial charge in [-0.1, -0.05) is 11.8 Å². The fraction of sp³-hybridized carbons (Fsp3) is 0.412. The van der Waals surface area contributed by atoms with Crippen LogP contribution in [0.5, 0.6) is 5.88 Å². The molecule has 0 saturated carbocycles. The molecule has 0 atom stereocenters. The first-order valence-electron chi connectivity index (χ1n) is 7.89. The Bertz CT molecular complexity index is 725. The molecule has 24 heavy (non-hydrogen) atoms. The van der Waals surface area contributed by atoms with Gasteiger partial charge in [0, 0.05) is 31.5 Å². The van der Waals surface area contributed by atoms with Crippen LogP contribution in [0.1, 0.15) is 18.4 Å². The van der Waals surface area contributed by atoms with Gasteiger partial charge in [0.05, 0.1) is 18.2 Å². The molecule has 1 saturated heterocycles. The largest absolute Gasteiger partial charge is 0.477 e. The summed E-state index contributed by atoms with van der Waals surface area (Å²) < 4.78 is 5.76. The van der Waals surface area contributed by atoms with Gasteiger partial charge in [-0.3, -0.25) is 0 Å². The molecule has 1 aliphatic heterocycles. The van der Waals surface area contributed by atoms with E-state index in [1.807, 2.05) is 18.5 Å². The molecule has 0 aromatic carbocycles. The molecule has 2 aromatic heterocycles. The highest BCUT2D eigenvalue weighted by Gasteiger charge is 2.21. The number of pyridine rings is 1. The standard InChI is InChI=1S/C17H19N5OS/c1-24-17-20-7-3-15(21-17)22-8-4-13(5-9-22)12-23-16-10-14(11-18)2-6-19-16/h2-3,6-7,10,13H,4-5,8-9,12H2,1H3. The molecule has 124 valence electrons. The van der Waals surface area contributed by atoms with Crippen LogP contribution < -0.4 is 9.64 Å². The minimum atomic E-state index is 0.496. The van der Waals surface area contributed by atoms with Crippen LogP contribution in [0.3, 0.4) is 0 Å². The summed E-state index contributed by atoms with van der Waals surface area (Å²) in [6.07, 6.45) is 7.51. The summed E-state index contributed by atoms with van der Waals surface area (Å²) in [5.74, 6) is 2.02. The van der Waals surface area contributed by atoms with Crippen LogP contribution >= 0.6 is 11.8 Å². The van der Waals surface area contributed by atoms with Crippen molar-refractivity contribution in [3.05, 3.63) is 36.2 Å². The molecular weight excluding hydrogens is 322 g/mol. The zero-order valence-electron chi connectivity index (χ0n) is 13.6. The van der Waals surface area contributed by atoms with E-state index in [-0.39, 0.29) is 0 Å². The smallest absolute Gasteiger partial charge is 0.214 e. The lowest BCUT2D eigenvalue weighted by atomic mass is 9.98. The number of hydrogen-bond acceptors (Lipinski definition) is 7. The second-order valence-electron chi connectivity index (χ2n) is 5.64. The average molecular weight is 341 g/mol. The van der Waals surface area contributed by atoms with Crippen LogP contribution in [0.4, 0.5) is 5.82 Å². The van der Waals surface area contributed by atoms with Gasteiger partial charge in [-0.2, -0.15) is 5.26 Å². The Labute approximate surface area is 145 Å². The van der Waals surface area contributed by atoms with Gasteiger partial charge in [0.2, 0.25) is 5.88 Å². The molecule has 0 radical (unpaired) electrons. The van der Waals surface area contributed by atoms with Crippen molar-refractivity contribution < 1.29 is 4.74 Å². The third kappa shape index (κ3) is 4.15. The molecule has 0 aliphatic carbocycles. The van der Waals surface area contributed by atoms with Gasteiger partial charge in [0.1, 0.15) is 5.82 Å². The summed E-state index contributed by atoms with van der Waals surface area (Å²) in [5, 5.41) is 9.71. The molecule has 3 heterocycles. The van der Waals surface area contributed by atoms with E-state index in [1.165, 1.54) is 0 Å². The van der Waals surface area contributed by atoms with E-state index in [9.17, 15) is 0 Å². The van der Waals surface area contributed by atoms with Crippen molar-refractivity contribution in [2.45, 2.75) is 18.0 Å². The number of anilines is 1. The molecule has 0 unspecified atom stereocenters. The average Bonchev–Trinajstić information content (AvgIpc) is 2.67. The third-order valence-electron chi connectivity index (χ3n) is 4.07. The topological polar surface area (TPSA) is 74.9 Å². The normalized spacial score (nSPS) is 15.1. The Morgan fingerprint density at radius 2 is 2.08 bits per heavy atom. The maximum atomic E-state index is 8.90. The highest BCUT2D eigenvalue weighted by molar-refractivity contribution is 7.98. The second-order valence-corrected chi connectivity index (χ2v) is 6.41. The molecule has 3 rings (SSSR count). The SMILES string of the molecule is CSc1nccc(N2CCC(COc3cc(C#N)ccn3)CC2)n1. The molecule has 0 bridgehead atoms. The van der Waals surface area contributed by atoms with E-state index >= 15 is 0 Å². The lowest BCUT2D eigenvalue weighted by molar-refractivity contribution is 0.216. The molecule has 0 N–H and O–H groups in total. The Balaban J connectivity index is 1.50. The van der Waals surface area contributed by atoms with Crippen molar-refractivity contribution in [1.82, 2.24) is 15.0 Å². The van der Waals surface area contributed by atoms with Crippen LogP contribution in [0, 0.1) is 17.2 Å². The van der Waals surface area contributed by atoms with Crippen molar-refractivity contribution in [2.75, 3.05) is 30.9 Å². The Kier molecular flexibility index (Phi) is 5.49. The number of rotatable bonds is 5.